The Labute approximate surface area is 107 Å². The monoisotopic (exact) mass is 258 g/mol. The largest absolute Gasteiger partial charge is 0.374 e. The van der Waals surface area contributed by atoms with E-state index in [0.29, 0.717) is 5.88 Å². The van der Waals surface area contributed by atoms with Gasteiger partial charge >= 0.3 is 0 Å². The Morgan fingerprint density at radius 3 is 3.24 bits per heavy atom. The van der Waals surface area contributed by atoms with Crippen LogP contribution in [0.4, 0.5) is 0 Å². The number of hydrogen-bond donors (Lipinski definition) is 0. The molecule has 2 rings (SSSR count). The summed E-state index contributed by atoms with van der Waals surface area (Å²) in [5.74, 6) is 0.586. The number of hydrogen-bond acceptors (Lipinski definition) is 4. The van der Waals surface area contributed by atoms with Gasteiger partial charge in [-0.3, -0.25) is 4.90 Å². The van der Waals surface area contributed by atoms with Crippen molar-refractivity contribution in [3.8, 4) is 0 Å². The van der Waals surface area contributed by atoms with Crippen LogP contribution in [0.1, 0.15) is 12.6 Å². The van der Waals surface area contributed by atoms with Crippen molar-refractivity contribution in [3.05, 3.63) is 11.9 Å². The van der Waals surface area contributed by atoms with Gasteiger partial charge in [-0.2, -0.15) is 0 Å². The van der Waals surface area contributed by atoms with E-state index in [1.165, 1.54) is 0 Å². The van der Waals surface area contributed by atoms with Crippen LogP contribution in [0.2, 0.25) is 0 Å². The van der Waals surface area contributed by atoms with Crippen LogP contribution in [0, 0.1) is 0 Å². The van der Waals surface area contributed by atoms with Crippen LogP contribution in [0.15, 0.2) is 6.20 Å². The SMILES string of the molecule is CCN1CCOC(Cn2cc(CCCl)nn2)C1. The van der Waals surface area contributed by atoms with E-state index in [1.807, 2.05) is 10.9 Å². The average Bonchev–Trinajstić information content (AvgIpc) is 2.77. The highest BCUT2D eigenvalue weighted by Gasteiger charge is 2.20. The molecule has 1 aromatic rings. The van der Waals surface area contributed by atoms with Gasteiger partial charge in [-0.05, 0) is 6.54 Å². The molecule has 1 atom stereocenters. The quantitative estimate of drug-likeness (QED) is 0.732. The van der Waals surface area contributed by atoms with Gasteiger partial charge in [0, 0.05) is 31.6 Å². The minimum atomic E-state index is 0.217. The maximum atomic E-state index is 5.73. The molecule has 96 valence electrons. The van der Waals surface area contributed by atoms with Gasteiger partial charge in [0.2, 0.25) is 0 Å². The van der Waals surface area contributed by atoms with Crippen LogP contribution in [-0.4, -0.2) is 58.1 Å². The number of ether oxygens (including phenoxy) is 1. The van der Waals surface area contributed by atoms with Gasteiger partial charge in [-0.1, -0.05) is 12.1 Å². The van der Waals surface area contributed by atoms with E-state index in [0.717, 1.165) is 44.9 Å². The standard InChI is InChI=1S/C11H19ClN4O/c1-2-15-5-6-17-11(8-15)9-16-7-10(3-4-12)13-14-16/h7,11H,2-6,8-9H2,1H3. The molecule has 0 radical (unpaired) electrons. The van der Waals surface area contributed by atoms with Crippen LogP contribution in [0.5, 0.6) is 0 Å². The van der Waals surface area contributed by atoms with Gasteiger partial charge in [-0.25, -0.2) is 4.68 Å². The first kappa shape index (κ1) is 12.8. The van der Waals surface area contributed by atoms with Crippen LogP contribution in [0.25, 0.3) is 0 Å². The number of aromatic nitrogens is 3. The molecule has 1 aliphatic rings. The maximum absolute atomic E-state index is 5.73. The third kappa shape index (κ3) is 3.66. The molecule has 17 heavy (non-hydrogen) atoms. The van der Waals surface area contributed by atoms with Gasteiger partial charge in [0.25, 0.3) is 0 Å². The number of rotatable bonds is 5. The summed E-state index contributed by atoms with van der Waals surface area (Å²) in [6.07, 6.45) is 2.94. The van der Waals surface area contributed by atoms with E-state index < -0.39 is 0 Å². The summed E-state index contributed by atoms with van der Waals surface area (Å²) < 4.78 is 7.58. The van der Waals surface area contributed by atoms with Crippen molar-refractivity contribution in [2.24, 2.45) is 0 Å². The molecule has 0 bridgehead atoms. The number of nitrogens with zero attached hydrogens (tertiary/aromatic N) is 4. The number of aryl methyl sites for hydroxylation is 1. The van der Waals surface area contributed by atoms with Crippen molar-refractivity contribution >= 4 is 11.6 Å². The molecular weight excluding hydrogens is 240 g/mol. The predicted octanol–water partition coefficient (Wildman–Crippen LogP) is 0.780. The lowest BCUT2D eigenvalue weighted by molar-refractivity contribution is -0.0360. The molecule has 0 saturated carbocycles. The second-order valence-corrected chi connectivity index (χ2v) is 4.63. The Balaban J connectivity index is 1.86. The normalized spacial score (nSPS) is 21.9. The molecule has 0 spiro atoms. The molecule has 1 aliphatic heterocycles. The Morgan fingerprint density at radius 2 is 2.47 bits per heavy atom. The van der Waals surface area contributed by atoms with Crippen LogP contribution in [0.3, 0.4) is 0 Å². The van der Waals surface area contributed by atoms with Crippen LogP contribution >= 0.6 is 11.6 Å². The third-order valence-electron chi connectivity index (χ3n) is 3.00. The average molecular weight is 259 g/mol. The summed E-state index contributed by atoms with van der Waals surface area (Å²) in [4.78, 5) is 2.39. The highest BCUT2D eigenvalue weighted by Crippen LogP contribution is 2.07. The van der Waals surface area contributed by atoms with E-state index >= 15 is 0 Å². The molecular formula is C11H19ClN4O. The lowest BCUT2D eigenvalue weighted by atomic mass is 10.2. The van der Waals surface area contributed by atoms with Crippen LogP contribution < -0.4 is 0 Å². The zero-order valence-electron chi connectivity index (χ0n) is 10.2. The van der Waals surface area contributed by atoms with Crippen molar-refractivity contribution in [1.29, 1.82) is 0 Å². The lowest BCUT2D eigenvalue weighted by Crippen LogP contribution is -2.44. The summed E-state index contributed by atoms with van der Waals surface area (Å²) in [7, 11) is 0. The zero-order chi connectivity index (χ0) is 12.1. The molecule has 5 nitrogen and oxygen atoms in total. The zero-order valence-corrected chi connectivity index (χ0v) is 10.9. The molecule has 0 amide bonds. The van der Waals surface area contributed by atoms with Crippen molar-refractivity contribution in [2.45, 2.75) is 26.0 Å². The fourth-order valence-corrected chi connectivity index (χ4v) is 2.22. The van der Waals surface area contributed by atoms with Gasteiger partial charge < -0.3 is 4.74 Å². The van der Waals surface area contributed by atoms with Gasteiger partial charge in [0.1, 0.15) is 0 Å². The van der Waals surface area contributed by atoms with E-state index in [-0.39, 0.29) is 6.10 Å². The van der Waals surface area contributed by atoms with Gasteiger partial charge in [-0.15, -0.1) is 16.7 Å². The molecule has 1 aromatic heterocycles. The van der Waals surface area contributed by atoms with Crippen molar-refractivity contribution < 1.29 is 4.74 Å². The Bertz CT molecular complexity index is 344. The second-order valence-electron chi connectivity index (χ2n) is 4.26. The number of alkyl halides is 1. The summed E-state index contributed by atoms with van der Waals surface area (Å²) in [5, 5.41) is 8.16. The van der Waals surface area contributed by atoms with E-state index in [1.54, 1.807) is 0 Å². The van der Waals surface area contributed by atoms with Crippen molar-refractivity contribution in [3.63, 3.8) is 0 Å². The molecule has 2 heterocycles. The predicted molar refractivity (Wildman–Crippen MR) is 66.3 cm³/mol. The maximum Gasteiger partial charge on any atom is 0.0898 e. The van der Waals surface area contributed by atoms with E-state index in [4.69, 9.17) is 16.3 Å². The first-order valence-electron chi connectivity index (χ1n) is 6.10. The first-order chi connectivity index (χ1) is 8.31. The van der Waals surface area contributed by atoms with Gasteiger partial charge in [0.05, 0.1) is 24.9 Å². The third-order valence-corrected chi connectivity index (χ3v) is 3.19. The molecule has 6 heteroatoms. The molecule has 1 unspecified atom stereocenters. The molecule has 1 fully saturated rings. The fraction of sp³-hybridized carbons (Fsp3) is 0.818. The van der Waals surface area contributed by atoms with Gasteiger partial charge in [0.15, 0.2) is 0 Å². The lowest BCUT2D eigenvalue weighted by Gasteiger charge is -2.31. The second kappa shape index (κ2) is 6.33. The summed E-state index contributed by atoms with van der Waals surface area (Å²) in [6.45, 7) is 6.84. The molecule has 0 aromatic carbocycles. The van der Waals surface area contributed by atoms with Crippen molar-refractivity contribution in [2.75, 3.05) is 32.1 Å². The summed E-state index contributed by atoms with van der Waals surface area (Å²) >= 11 is 5.67. The number of likely N-dealkylation sites (N-methyl/N-ethyl adjacent to an activating group) is 1. The van der Waals surface area contributed by atoms with Crippen LogP contribution in [-0.2, 0) is 17.7 Å². The Hall–Kier alpha value is -0.650. The Kier molecular flexibility index (Phi) is 4.76. The minimum absolute atomic E-state index is 0.217. The topological polar surface area (TPSA) is 43.2 Å². The van der Waals surface area contributed by atoms with E-state index in [9.17, 15) is 0 Å². The smallest absolute Gasteiger partial charge is 0.0898 e. The van der Waals surface area contributed by atoms with E-state index in [2.05, 4.69) is 22.1 Å². The molecule has 0 N–H and O–H groups in total. The first-order valence-corrected chi connectivity index (χ1v) is 6.64. The fourth-order valence-electron chi connectivity index (χ4n) is 2.03. The van der Waals surface area contributed by atoms with Crippen molar-refractivity contribution in [1.82, 2.24) is 19.9 Å². The molecule has 0 aliphatic carbocycles. The number of morpholine rings is 1. The molecule has 1 saturated heterocycles. The minimum Gasteiger partial charge on any atom is -0.374 e. The highest BCUT2D eigenvalue weighted by molar-refractivity contribution is 6.17. The Morgan fingerprint density at radius 1 is 1.59 bits per heavy atom. The summed E-state index contributed by atoms with van der Waals surface area (Å²) in [5.41, 5.74) is 0.947. The summed E-state index contributed by atoms with van der Waals surface area (Å²) in [6, 6.07) is 0. The number of halogens is 1. The highest BCUT2D eigenvalue weighted by atomic mass is 35.5.